The molecule has 0 saturated heterocycles. The number of hydrogen-bond donors (Lipinski definition) is 1. The maximum atomic E-state index is 12.3. The highest BCUT2D eigenvalue weighted by Crippen LogP contribution is 2.24. The van der Waals surface area contributed by atoms with E-state index in [2.05, 4.69) is 10.3 Å². The van der Waals surface area contributed by atoms with Gasteiger partial charge in [0.05, 0.1) is 17.6 Å². The van der Waals surface area contributed by atoms with Crippen LogP contribution in [0.4, 0.5) is 5.69 Å². The molecule has 0 unspecified atom stereocenters. The van der Waals surface area contributed by atoms with Gasteiger partial charge in [0.1, 0.15) is 0 Å². The van der Waals surface area contributed by atoms with Gasteiger partial charge < -0.3 is 5.32 Å². The molecule has 3 heterocycles. The van der Waals surface area contributed by atoms with Gasteiger partial charge in [0.15, 0.2) is 5.65 Å². The average molecular weight is 406 g/mol. The standard InChI is InChI=1S/C22H20ClN5O/c1-14-19(9-10-22(29)26-18-4-3-11-24-13-18)15(2)28-21(25-14)12-20(27-28)16-5-7-17(23)8-6-16/h3-8,11-13H,9-10H2,1-2H3,(H,26,29). The van der Waals surface area contributed by atoms with Gasteiger partial charge in [-0.05, 0) is 50.1 Å². The summed E-state index contributed by atoms with van der Waals surface area (Å²) in [6.45, 7) is 3.98. The number of fused-ring (bicyclic) bond motifs is 1. The molecule has 29 heavy (non-hydrogen) atoms. The predicted molar refractivity (Wildman–Crippen MR) is 114 cm³/mol. The van der Waals surface area contributed by atoms with E-state index in [1.165, 1.54) is 0 Å². The van der Waals surface area contributed by atoms with E-state index in [1.807, 2.05) is 54.8 Å². The quantitative estimate of drug-likeness (QED) is 0.525. The molecule has 7 heteroatoms. The van der Waals surface area contributed by atoms with Crippen LogP contribution in [0.2, 0.25) is 5.02 Å². The van der Waals surface area contributed by atoms with Crippen LogP contribution in [0.5, 0.6) is 0 Å². The molecule has 4 rings (SSSR count). The van der Waals surface area contributed by atoms with Gasteiger partial charge in [0.2, 0.25) is 5.91 Å². The number of benzene rings is 1. The second kappa shape index (κ2) is 8.01. The van der Waals surface area contributed by atoms with Gasteiger partial charge in [-0.3, -0.25) is 9.78 Å². The van der Waals surface area contributed by atoms with Crippen LogP contribution < -0.4 is 5.32 Å². The SMILES string of the molecule is Cc1nc2cc(-c3ccc(Cl)cc3)nn2c(C)c1CCC(=O)Nc1cccnc1. The second-order valence-electron chi connectivity index (χ2n) is 6.86. The number of aromatic nitrogens is 4. The Morgan fingerprint density at radius 2 is 1.97 bits per heavy atom. The van der Waals surface area contributed by atoms with Crippen molar-refractivity contribution in [3.05, 3.63) is 76.8 Å². The Morgan fingerprint density at radius 1 is 1.17 bits per heavy atom. The highest BCUT2D eigenvalue weighted by atomic mass is 35.5. The van der Waals surface area contributed by atoms with Crippen molar-refractivity contribution < 1.29 is 4.79 Å². The molecule has 3 aromatic heterocycles. The van der Waals surface area contributed by atoms with Crippen LogP contribution in [0.3, 0.4) is 0 Å². The summed E-state index contributed by atoms with van der Waals surface area (Å²) in [5.74, 6) is -0.0563. The highest BCUT2D eigenvalue weighted by molar-refractivity contribution is 6.30. The van der Waals surface area contributed by atoms with Crippen molar-refractivity contribution in [3.8, 4) is 11.3 Å². The monoisotopic (exact) mass is 405 g/mol. The van der Waals surface area contributed by atoms with Crippen LogP contribution in [0.15, 0.2) is 54.9 Å². The molecule has 0 aliphatic carbocycles. The number of nitrogens with zero attached hydrogens (tertiary/aromatic N) is 4. The summed E-state index contributed by atoms with van der Waals surface area (Å²) in [5, 5.41) is 8.26. The lowest BCUT2D eigenvalue weighted by molar-refractivity contribution is -0.116. The molecule has 0 radical (unpaired) electrons. The Bertz CT molecular complexity index is 1170. The molecule has 0 saturated carbocycles. The average Bonchev–Trinajstić information content (AvgIpc) is 3.13. The Labute approximate surface area is 173 Å². The molecule has 146 valence electrons. The normalized spacial score (nSPS) is 11.0. The molecule has 6 nitrogen and oxygen atoms in total. The third-order valence-electron chi connectivity index (χ3n) is 4.85. The minimum atomic E-state index is -0.0563. The summed E-state index contributed by atoms with van der Waals surface area (Å²) < 4.78 is 1.84. The molecule has 0 aliphatic rings. The summed E-state index contributed by atoms with van der Waals surface area (Å²) >= 11 is 5.98. The van der Waals surface area contributed by atoms with Crippen molar-refractivity contribution in [2.24, 2.45) is 0 Å². The third-order valence-corrected chi connectivity index (χ3v) is 5.10. The molecule has 0 bridgehead atoms. The maximum absolute atomic E-state index is 12.3. The van der Waals surface area contributed by atoms with E-state index >= 15 is 0 Å². The summed E-state index contributed by atoms with van der Waals surface area (Å²) in [6.07, 6.45) is 4.24. The maximum Gasteiger partial charge on any atom is 0.224 e. The smallest absolute Gasteiger partial charge is 0.224 e. The minimum Gasteiger partial charge on any atom is -0.325 e. The predicted octanol–water partition coefficient (Wildman–Crippen LogP) is 4.63. The second-order valence-corrected chi connectivity index (χ2v) is 7.29. The van der Waals surface area contributed by atoms with Crippen LogP contribution in [0.25, 0.3) is 16.9 Å². The van der Waals surface area contributed by atoms with E-state index in [9.17, 15) is 4.79 Å². The van der Waals surface area contributed by atoms with Crippen LogP contribution in [0, 0.1) is 13.8 Å². The number of carbonyl (C=O) groups is 1. The lowest BCUT2D eigenvalue weighted by atomic mass is 10.1. The van der Waals surface area contributed by atoms with E-state index in [4.69, 9.17) is 21.7 Å². The number of anilines is 1. The van der Waals surface area contributed by atoms with Crippen molar-refractivity contribution in [2.75, 3.05) is 5.32 Å². The van der Waals surface area contributed by atoms with E-state index < -0.39 is 0 Å². The highest BCUT2D eigenvalue weighted by Gasteiger charge is 2.14. The Morgan fingerprint density at radius 3 is 2.69 bits per heavy atom. The van der Waals surface area contributed by atoms with Crippen molar-refractivity contribution in [1.29, 1.82) is 0 Å². The number of carbonyl (C=O) groups excluding carboxylic acids is 1. The molecule has 0 atom stereocenters. The van der Waals surface area contributed by atoms with Gasteiger partial charge in [-0.25, -0.2) is 9.50 Å². The van der Waals surface area contributed by atoms with Gasteiger partial charge in [0.25, 0.3) is 0 Å². The Kier molecular flexibility index (Phi) is 5.27. The summed E-state index contributed by atoms with van der Waals surface area (Å²) in [6, 6.07) is 13.1. The zero-order valence-electron chi connectivity index (χ0n) is 16.2. The lowest BCUT2D eigenvalue weighted by Crippen LogP contribution is -2.14. The number of amides is 1. The molecular formula is C22H20ClN5O. The van der Waals surface area contributed by atoms with Crippen molar-refractivity contribution in [2.45, 2.75) is 26.7 Å². The topological polar surface area (TPSA) is 72.2 Å². The van der Waals surface area contributed by atoms with Crippen molar-refractivity contribution in [1.82, 2.24) is 19.6 Å². The van der Waals surface area contributed by atoms with Crippen molar-refractivity contribution >= 4 is 28.8 Å². The number of halogens is 1. The summed E-state index contributed by atoms with van der Waals surface area (Å²) in [7, 11) is 0. The van der Waals surface area contributed by atoms with Crippen LogP contribution in [0.1, 0.15) is 23.4 Å². The van der Waals surface area contributed by atoms with Crippen molar-refractivity contribution in [3.63, 3.8) is 0 Å². The van der Waals surface area contributed by atoms with Gasteiger partial charge >= 0.3 is 0 Å². The van der Waals surface area contributed by atoms with Crippen LogP contribution in [-0.4, -0.2) is 25.5 Å². The number of hydrogen-bond acceptors (Lipinski definition) is 4. The van der Waals surface area contributed by atoms with E-state index in [0.29, 0.717) is 23.6 Å². The first-order valence-electron chi connectivity index (χ1n) is 9.33. The van der Waals surface area contributed by atoms with E-state index in [1.54, 1.807) is 18.5 Å². The van der Waals surface area contributed by atoms with Crippen LogP contribution in [-0.2, 0) is 11.2 Å². The molecule has 1 N–H and O–H groups in total. The van der Waals surface area contributed by atoms with Gasteiger partial charge in [-0.2, -0.15) is 5.10 Å². The largest absolute Gasteiger partial charge is 0.325 e. The fourth-order valence-electron chi connectivity index (χ4n) is 3.35. The molecule has 0 aliphatic heterocycles. The molecule has 4 aromatic rings. The molecule has 0 spiro atoms. The third kappa shape index (κ3) is 4.12. The summed E-state index contributed by atoms with van der Waals surface area (Å²) in [4.78, 5) is 21.0. The number of rotatable bonds is 5. The van der Waals surface area contributed by atoms with Gasteiger partial charge in [-0.1, -0.05) is 23.7 Å². The zero-order chi connectivity index (χ0) is 20.4. The fraction of sp³-hybridized carbons (Fsp3) is 0.182. The molecular weight excluding hydrogens is 386 g/mol. The first-order chi connectivity index (χ1) is 14.0. The molecule has 1 amide bonds. The zero-order valence-corrected chi connectivity index (χ0v) is 16.9. The number of aryl methyl sites for hydroxylation is 2. The Hall–Kier alpha value is -3.25. The fourth-order valence-corrected chi connectivity index (χ4v) is 3.47. The number of nitrogens with one attached hydrogen (secondary N) is 1. The van der Waals surface area contributed by atoms with Gasteiger partial charge in [0, 0.05) is 40.7 Å². The first-order valence-corrected chi connectivity index (χ1v) is 9.71. The first kappa shape index (κ1) is 19.1. The summed E-state index contributed by atoms with van der Waals surface area (Å²) in [5.41, 5.74) is 6.23. The van der Waals surface area contributed by atoms with E-state index in [-0.39, 0.29) is 5.91 Å². The lowest BCUT2D eigenvalue weighted by Gasteiger charge is -2.11. The number of pyridine rings is 1. The van der Waals surface area contributed by atoms with Gasteiger partial charge in [-0.15, -0.1) is 0 Å². The van der Waals surface area contributed by atoms with Crippen LogP contribution >= 0.6 is 11.6 Å². The Balaban J connectivity index is 1.56. The molecule has 0 fully saturated rings. The molecule has 1 aromatic carbocycles. The minimum absolute atomic E-state index is 0.0563. The van der Waals surface area contributed by atoms with E-state index in [0.717, 1.165) is 33.9 Å².